The summed E-state index contributed by atoms with van der Waals surface area (Å²) in [7, 11) is 0. The molecule has 1 unspecified atom stereocenters. The van der Waals surface area contributed by atoms with Crippen molar-refractivity contribution >= 4 is 11.9 Å². The molecule has 0 aromatic heterocycles. The molecule has 8 nitrogen and oxygen atoms in total. The average Bonchev–Trinajstić information content (AvgIpc) is 2.27. The van der Waals surface area contributed by atoms with Crippen LogP contribution in [0.5, 0.6) is 0 Å². The van der Waals surface area contributed by atoms with E-state index >= 15 is 0 Å². The van der Waals surface area contributed by atoms with Crippen LogP contribution in [0.25, 0.3) is 0 Å². The van der Waals surface area contributed by atoms with Crippen LogP contribution in [0.2, 0.25) is 0 Å². The molecule has 5 N–H and O–H groups in total. The van der Waals surface area contributed by atoms with Gasteiger partial charge in [-0.1, -0.05) is 0 Å². The van der Waals surface area contributed by atoms with Gasteiger partial charge in [-0.15, -0.1) is 0 Å². The van der Waals surface area contributed by atoms with Gasteiger partial charge in [-0.3, -0.25) is 4.79 Å². The Balaban J connectivity index is 0. The molecule has 0 aliphatic carbocycles. The molecule has 1 aliphatic rings. The number of carbonyl (C=O) groups is 2. The Hall–Kier alpha value is -0.220. The molecule has 0 saturated carbocycles. The number of aliphatic hydroxyl groups excluding tert-OH is 3. The molecule has 1 saturated heterocycles. The topological polar surface area (TPSA) is 153 Å². The maximum atomic E-state index is 10.9. The standard InChI is InChI=1S/C10H18O6.C2H5NO.Na/c1-10(9(14)15)5-6(12)4-8(16-10)7(13)2-3-11;1-2(3)4;/h6-8,11-13H,2-5H2,1H3,(H,14,15);1H3,(H2,3,4);/q;;+1/p-1/t6-,7-,8?,10-;;/m1../s1. The van der Waals surface area contributed by atoms with Crippen LogP contribution in [0.4, 0.5) is 0 Å². The summed E-state index contributed by atoms with van der Waals surface area (Å²) < 4.78 is 5.24. The summed E-state index contributed by atoms with van der Waals surface area (Å²) in [5, 5.41) is 38.7. The first-order valence-electron chi connectivity index (χ1n) is 6.24. The number of nitrogens with two attached hydrogens (primary N) is 1. The molecule has 21 heavy (non-hydrogen) atoms. The zero-order valence-electron chi connectivity index (χ0n) is 12.6. The molecule has 0 aromatic carbocycles. The molecule has 118 valence electrons. The third-order valence-electron chi connectivity index (χ3n) is 2.83. The molecule has 4 atom stereocenters. The minimum Gasteiger partial charge on any atom is -0.547 e. The number of aliphatic carboxylic acids is 1. The maximum Gasteiger partial charge on any atom is 1.00 e. The number of hydrogen-bond donors (Lipinski definition) is 4. The van der Waals surface area contributed by atoms with Crippen LogP contribution in [0.3, 0.4) is 0 Å². The fraction of sp³-hybridized carbons (Fsp3) is 0.833. The number of carboxylic acids is 1. The van der Waals surface area contributed by atoms with Gasteiger partial charge in [0.25, 0.3) is 0 Å². The Bertz CT molecular complexity index is 338. The van der Waals surface area contributed by atoms with Crippen molar-refractivity contribution in [2.75, 3.05) is 6.61 Å². The van der Waals surface area contributed by atoms with E-state index in [2.05, 4.69) is 5.73 Å². The van der Waals surface area contributed by atoms with Crippen LogP contribution in [0.15, 0.2) is 0 Å². The molecule has 1 fully saturated rings. The van der Waals surface area contributed by atoms with E-state index in [1.165, 1.54) is 13.8 Å². The van der Waals surface area contributed by atoms with E-state index in [-0.39, 0.29) is 61.3 Å². The van der Waals surface area contributed by atoms with E-state index in [0.717, 1.165) is 0 Å². The van der Waals surface area contributed by atoms with E-state index in [1.807, 2.05) is 0 Å². The zero-order valence-corrected chi connectivity index (χ0v) is 14.6. The largest absolute Gasteiger partial charge is 1.00 e. The summed E-state index contributed by atoms with van der Waals surface area (Å²) in [6, 6.07) is 0. The van der Waals surface area contributed by atoms with Crippen LogP contribution in [-0.2, 0) is 14.3 Å². The van der Waals surface area contributed by atoms with Crippen molar-refractivity contribution in [2.45, 2.75) is 57.0 Å². The third-order valence-corrected chi connectivity index (χ3v) is 2.83. The fourth-order valence-corrected chi connectivity index (χ4v) is 1.92. The van der Waals surface area contributed by atoms with E-state index in [0.29, 0.717) is 0 Å². The first-order valence-corrected chi connectivity index (χ1v) is 6.24. The second-order valence-corrected chi connectivity index (χ2v) is 4.96. The van der Waals surface area contributed by atoms with Gasteiger partial charge in [0.05, 0.1) is 24.3 Å². The molecule has 1 heterocycles. The Morgan fingerprint density at radius 3 is 2.38 bits per heavy atom. The second kappa shape index (κ2) is 10.5. The number of carboxylic acid groups (broad SMARTS) is 1. The van der Waals surface area contributed by atoms with Crippen molar-refractivity contribution in [3.8, 4) is 0 Å². The van der Waals surface area contributed by atoms with Gasteiger partial charge in [0, 0.05) is 26.4 Å². The average molecular weight is 315 g/mol. The van der Waals surface area contributed by atoms with Crippen molar-refractivity contribution in [3.05, 3.63) is 0 Å². The second-order valence-electron chi connectivity index (χ2n) is 4.96. The SMILES string of the molecule is CC(N)=O.C[C@]1(C(=O)[O-])C[C@H](O)CC([C@H](O)CCO)O1.[Na+]. The minimum absolute atomic E-state index is 0. The van der Waals surface area contributed by atoms with Crippen molar-refractivity contribution in [1.82, 2.24) is 0 Å². The molecule has 9 heteroatoms. The first kappa shape index (κ1) is 23.1. The summed E-state index contributed by atoms with van der Waals surface area (Å²) in [5.74, 6) is -1.74. The van der Waals surface area contributed by atoms with Crippen LogP contribution < -0.4 is 40.4 Å². The van der Waals surface area contributed by atoms with Crippen LogP contribution in [-0.4, -0.2) is 57.7 Å². The molecule has 1 aliphatic heterocycles. The van der Waals surface area contributed by atoms with E-state index < -0.39 is 29.9 Å². The molecule has 0 aromatic rings. The van der Waals surface area contributed by atoms with E-state index in [4.69, 9.17) is 9.84 Å². The van der Waals surface area contributed by atoms with E-state index in [1.54, 1.807) is 0 Å². The number of primary amides is 1. The number of ether oxygens (including phenoxy) is 1. The Morgan fingerprint density at radius 2 is 2.00 bits per heavy atom. The Labute approximate surface area is 145 Å². The Morgan fingerprint density at radius 1 is 1.52 bits per heavy atom. The van der Waals surface area contributed by atoms with Crippen LogP contribution >= 0.6 is 0 Å². The van der Waals surface area contributed by atoms with Gasteiger partial charge in [0.1, 0.15) is 5.60 Å². The summed E-state index contributed by atoms with van der Waals surface area (Å²) in [6.45, 7) is 2.39. The fourth-order valence-electron chi connectivity index (χ4n) is 1.92. The molecule has 1 amide bonds. The van der Waals surface area contributed by atoms with Crippen molar-refractivity contribution in [1.29, 1.82) is 0 Å². The minimum atomic E-state index is -1.58. The molecular weight excluding hydrogens is 293 g/mol. The van der Waals surface area contributed by atoms with Crippen molar-refractivity contribution in [3.63, 3.8) is 0 Å². The molecule has 1 rings (SSSR count). The van der Waals surface area contributed by atoms with Crippen LogP contribution in [0, 0.1) is 0 Å². The number of aliphatic hydroxyl groups is 3. The van der Waals surface area contributed by atoms with E-state index in [9.17, 15) is 24.9 Å². The summed E-state index contributed by atoms with van der Waals surface area (Å²) in [5.41, 5.74) is 2.89. The Kier molecular flexibility index (Phi) is 11.5. The summed E-state index contributed by atoms with van der Waals surface area (Å²) in [4.78, 5) is 20.1. The number of rotatable bonds is 4. The normalized spacial score (nSPS) is 29.4. The summed E-state index contributed by atoms with van der Waals surface area (Å²) >= 11 is 0. The summed E-state index contributed by atoms with van der Waals surface area (Å²) in [6.07, 6.45) is -2.45. The van der Waals surface area contributed by atoms with Gasteiger partial charge in [0.15, 0.2) is 0 Å². The molecule has 0 spiro atoms. The predicted octanol–water partition coefficient (Wildman–Crippen LogP) is -5.73. The monoisotopic (exact) mass is 315 g/mol. The molecular formula is C12H22NNaO7. The molecule has 0 bridgehead atoms. The molecule has 0 radical (unpaired) electrons. The quantitative estimate of drug-likeness (QED) is 0.377. The van der Waals surface area contributed by atoms with Gasteiger partial charge in [0.2, 0.25) is 5.91 Å². The van der Waals surface area contributed by atoms with Gasteiger partial charge in [-0.05, 0) is 13.3 Å². The third kappa shape index (κ3) is 8.72. The predicted molar refractivity (Wildman–Crippen MR) is 66.1 cm³/mol. The number of carbonyl (C=O) groups excluding carboxylic acids is 2. The number of amides is 1. The van der Waals surface area contributed by atoms with Gasteiger partial charge in [-0.25, -0.2) is 0 Å². The maximum absolute atomic E-state index is 10.9. The van der Waals surface area contributed by atoms with Crippen molar-refractivity contribution < 1.29 is 64.3 Å². The number of hydrogen-bond acceptors (Lipinski definition) is 7. The smallest absolute Gasteiger partial charge is 0.547 e. The zero-order chi connectivity index (χ0) is 15.9. The van der Waals surface area contributed by atoms with Gasteiger partial charge in [-0.2, -0.15) is 0 Å². The van der Waals surface area contributed by atoms with Crippen molar-refractivity contribution in [2.24, 2.45) is 5.73 Å². The van der Waals surface area contributed by atoms with Crippen LogP contribution in [0.1, 0.15) is 33.1 Å². The van der Waals surface area contributed by atoms with Gasteiger partial charge >= 0.3 is 29.6 Å². The first-order chi connectivity index (χ1) is 9.12. The van der Waals surface area contributed by atoms with Gasteiger partial charge < -0.3 is 35.7 Å².